The largest absolute Gasteiger partial charge is 0.370 e. The molecule has 5 heteroatoms. The Balaban J connectivity index is 2.14. The van der Waals surface area contributed by atoms with Crippen molar-refractivity contribution in [3.05, 3.63) is 0 Å². The Hall–Kier alpha value is -0.0300. The highest BCUT2D eigenvalue weighted by Gasteiger charge is 2.13. The second-order valence-electron chi connectivity index (χ2n) is 4.07. The smallest absolute Gasteiger partial charge is 0.188 e. The molecule has 1 saturated heterocycles. The fourth-order valence-corrected chi connectivity index (χ4v) is 3.82. The summed E-state index contributed by atoms with van der Waals surface area (Å²) in [6, 6.07) is 0. The second kappa shape index (κ2) is 7.28. The number of nitrogens with two attached hydrogens (primary N) is 1. The van der Waals surface area contributed by atoms with E-state index in [9.17, 15) is 0 Å². The van der Waals surface area contributed by atoms with Crippen molar-refractivity contribution < 1.29 is 0 Å². The summed E-state index contributed by atoms with van der Waals surface area (Å²) in [5.41, 5.74) is 5.76. The van der Waals surface area contributed by atoms with Crippen LogP contribution in [0.15, 0.2) is 4.99 Å². The zero-order valence-corrected chi connectivity index (χ0v) is 11.2. The van der Waals surface area contributed by atoms with Crippen LogP contribution in [0.4, 0.5) is 0 Å². The van der Waals surface area contributed by atoms with Crippen molar-refractivity contribution in [2.24, 2.45) is 16.6 Å². The first-order chi connectivity index (χ1) is 7.18. The molecule has 15 heavy (non-hydrogen) atoms. The van der Waals surface area contributed by atoms with E-state index in [4.69, 9.17) is 5.73 Å². The molecule has 1 aliphatic rings. The van der Waals surface area contributed by atoms with Crippen molar-refractivity contribution in [1.82, 2.24) is 5.32 Å². The van der Waals surface area contributed by atoms with Gasteiger partial charge in [-0.15, -0.1) is 0 Å². The molecule has 0 spiro atoms. The van der Waals surface area contributed by atoms with Gasteiger partial charge in [0.05, 0.1) is 0 Å². The third-order valence-electron chi connectivity index (χ3n) is 2.02. The average Bonchev–Trinajstić information content (AvgIpc) is 2.25. The predicted molar refractivity (Wildman–Crippen MR) is 72.9 cm³/mol. The fourth-order valence-electron chi connectivity index (χ4n) is 1.21. The second-order valence-corrected chi connectivity index (χ2v) is 6.63. The summed E-state index contributed by atoms with van der Waals surface area (Å²) in [6.45, 7) is 6.05. The number of guanidine groups is 1. The third kappa shape index (κ3) is 6.20. The SMILES string of the molecule is CC(C)CN=C(N)NCC1CSCCS1. The van der Waals surface area contributed by atoms with Crippen LogP contribution in [-0.2, 0) is 0 Å². The summed E-state index contributed by atoms with van der Waals surface area (Å²) < 4.78 is 0. The molecule has 1 unspecified atom stereocenters. The maximum Gasteiger partial charge on any atom is 0.188 e. The Labute approximate surface area is 101 Å². The van der Waals surface area contributed by atoms with Gasteiger partial charge in [0.2, 0.25) is 0 Å². The van der Waals surface area contributed by atoms with E-state index >= 15 is 0 Å². The van der Waals surface area contributed by atoms with Crippen LogP contribution in [0.5, 0.6) is 0 Å². The number of aliphatic imine (C=N–C) groups is 1. The first-order valence-electron chi connectivity index (χ1n) is 5.41. The lowest BCUT2D eigenvalue weighted by Gasteiger charge is -2.21. The van der Waals surface area contributed by atoms with Crippen LogP contribution in [0, 0.1) is 5.92 Å². The number of thioether (sulfide) groups is 2. The maximum absolute atomic E-state index is 5.76. The van der Waals surface area contributed by atoms with E-state index in [-0.39, 0.29) is 0 Å². The van der Waals surface area contributed by atoms with Crippen molar-refractivity contribution in [3.8, 4) is 0 Å². The summed E-state index contributed by atoms with van der Waals surface area (Å²) in [7, 11) is 0. The summed E-state index contributed by atoms with van der Waals surface area (Å²) in [6.07, 6.45) is 0. The fraction of sp³-hybridized carbons (Fsp3) is 0.900. The van der Waals surface area contributed by atoms with Crippen molar-refractivity contribution in [2.45, 2.75) is 19.1 Å². The topological polar surface area (TPSA) is 50.4 Å². The lowest BCUT2D eigenvalue weighted by molar-refractivity contribution is 0.661. The number of nitrogens with one attached hydrogen (secondary N) is 1. The number of nitrogens with zero attached hydrogens (tertiary/aromatic N) is 1. The minimum absolute atomic E-state index is 0.574. The first kappa shape index (κ1) is 13.0. The Bertz CT molecular complexity index is 201. The van der Waals surface area contributed by atoms with Crippen molar-refractivity contribution >= 4 is 29.5 Å². The Morgan fingerprint density at radius 2 is 2.33 bits per heavy atom. The molecule has 3 nitrogen and oxygen atoms in total. The molecule has 1 rings (SSSR count). The van der Waals surface area contributed by atoms with E-state index in [2.05, 4.69) is 24.2 Å². The molecule has 3 N–H and O–H groups in total. The normalized spacial score (nSPS) is 23.1. The number of hydrogen-bond acceptors (Lipinski definition) is 3. The molecule has 0 amide bonds. The monoisotopic (exact) mass is 247 g/mol. The van der Waals surface area contributed by atoms with Crippen LogP contribution >= 0.6 is 23.5 Å². The molecular weight excluding hydrogens is 226 g/mol. The zero-order chi connectivity index (χ0) is 11.1. The minimum atomic E-state index is 0.574. The molecule has 88 valence electrons. The van der Waals surface area contributed by atoms with E-state index in [1.807, 2.05) is 23.5 Å². The molecule has 0 aromatic heterocycles. The van der Waals surface area contributed by atoms with Crippen LogP contribution in [-0.4, -0.2) is 41.6 Å². The van der Waals surface area contributed by atoms with Crippen LogP contribution in [0.3, 0.4) is 0 Å². The lowest BCUT2D eigenvalue weighted by Crippen LogP contribution is -2.38. The van der Waals surface area contributed by atoms with Gasteiger partial charge in [0.1, 0.15) is 0 Å². The van der Waals surface area contributed by atoms with Gasteiger partial charge in [0.25, 0.3) is 0 Å². The average molecular weight is 247 g/mol. The standard InChI is InChI=1S/C10H21N3S2/c1-8(2)5-12-10(11)13-6-9-7-14-3-4-15-9/h8-9H,3-7H2,1-2H3,(H3,11,12,13). The quantitative estimate of drug-likeness (QED) is 0.582. The maximum atomic E-state index is 5.76. The number of hydrogen-bond donors (Lipinski definition) is 2. The van der Waals surface area contributed by atoms with Crippen molar-refractivity contribution in [1.29, 1.82) is 0 Å². The van der Waals surface area contributed by atoms with Crippen LogP contribution in [0.25, 0.3) is 0 Å². The molecule has 1 fully saturated rings. The highest BCUT2D eigenvalue weighted by Crippen LogP contribution is 2.23. The molecule has 1 atom stereocenters. The van der Waals surface area contributed by atoms with Gasteiger partial charge in [-0.2, -0.15) is 23.5 Å². The Morgan fingerprint density at radius 3 is 2.93 bits per heavy atom. The van der Waals surface area contributed by atoms with E-state index in [1.165, 1.54) is 17.3 Å². The minimum Gasteiger partial charge on any atom is -0.370 e. The zero-order valence-electron chi connectivity index (χ0n) is 9.53. The van der Waals surface area contributed by atoms with E-state index in [1.54, 1.807) is 0 Å². The molecule has 0 saturated carbocycles. The van der Waals surface area contributed by atoms with Gasteiger partial charge >= 0.3 is 0 Å². The lowest BCUT2D eigenvalue weighted by atomic mass is 10.2. The summed E-state index contributed by atoms with van der Waals surface area (Å²) in [5, 5.41) is 3.89. The number of rotatable bonds is 4. The van der Waals surface area contributed by atoms with Gasteiger partial charge in [-0.1, -0.05) is 13.8 Å². The van der Waals surface area contributed by atoms with Gasteiger partial charge in [0, 0.05) is 35.6 Å². The van der Waals surface area contributed by atoms with Gasteiger partial charge in [0.15, 0.2) is 5.96 Å². The van der Waals surface area contributed by atoms with Crippen molar-refractivity contribution in [3.63, 3.8) is 0 Å². The van der Waals surface area contributed by atoms with Crippen LogP contribution in [0.1, 0.15) is 13.8 Å². The first-order valence-corrected chi connectivity index (χ1v) is 7.62. The summed E-state index contributed by atoms with van der Waals surface area (Å²) in [4.78, 5) is 4.28. The highest BCUT2D eigenvalue weighted by molar-refractivity contribution is 8.06. The Morgan fingerprint density at radius 1 is 1.53 bits per heavy atom. The van der Waals surface area contributed by atoms with Gasteiger partial charge < -0.3 is 11.1 Å². The van der Waals surface area contributed by atoms with Crippen molar-refractivity contribution in [2.75, 3.05) is 30.3 Å². The molecule has 1 heterocycles. The summed E-state index contributed by atoms with van der Waals surface area (Å²) >= 11 is 4.07. The van der Waals surface area contributed by atoms with Crippen LogP contribution < -0.4 is 11.1 Å². The van der Waals surface area contributed by atoms with Crippen LogP contribution in [0.2, 0.25) is 0 Å². The molecular formula is C10H21N3S2. The summed E-state index contributed by atoms with van der Waals surface area (Å²) in [5.74, 6) is 4.96. The Kier molecular flexibility index (Phi) is 6.32. The predicted octanol–water partition coefficient (Wildman–Crippen LogP) is 1.40. The molecule has 0 aliphatic carbocycles. The van der Waals surface area contributed by atoms with E-state index in [0.29, 0.717) is 17.1 Å². The molecule has 0 radical (unpaired) electrons. The third-order valence-corrected chi connectivity index (χ3v) is 4.87. The van der Waals surface area contributed by atoms with Gasteiger partial charge in [-0.3, -0.25) is 4.99 Å². The molecule has 0 aromatic rings. The molecule has 0 aromatic carbocycles. The molecule has 1 aliphatic heterocycles. The highest BCUT2D eigenvalue weighted by atomic mass is 32.2. The van der Waals surface area contributed by atoms with E-state index < -0.39 is 0 Å². The van der Waals surface area contributed by atoms with Gasteiger partial charge in [-0.05, 0) is 5.92 Å². The molecule has 0 bridgehead atoms. The van der Waals surface area contributed by atoms with Gasteiger partial charge in [-0.25, -0.2) is 0 Å². The van der Waals surface area contributed by atoms with E-state index in [0.717, 1.165) is 13.1 Å².